The largest absolute Gasteiger partial charge is 0.397 e. The second kappa shape index (κ2) is 5.01. The molecule has 0 atom stereocenters. The summed E-state index contributed by atoms with van der Waals surface area (Å²) in [5.74, 6) is 0. The molecule has 1 aromatic rings. The fraction of sp³-hybridized carbons (Fsp3) is 0.545. The normalized spacial score (nSPS) is 18.8. The van der Waals surface area contributed by atoms with Gasteiger partial charge in [-0.25, -0.2) is 13.4 Å². The minimum absolute atomic E-state index is 0.0913. The molecule has 1 aliphatic heterocycles. The van der Waals surface area contributed by atoms with Crippen LogP contribution in [0, 0.1) is 0 Å². The molecule has 0 bridgehead atoms. The van der Waals surface area contributed by atoms with E-state index in [4.69, 9.17) is 5.73 Å². The van der Waals surface area contributed by atoms with E-state index in [0.29, 0.717) is 18.8 Å². The number of nitrogen functional groups attached to an aromatic ring is 1. The van der Waals surface area contributed by atoms with E-state index in [2.05, 4.69) is 4.98 Å². The number of aromatic nitrogens is 1. The Balaban J connectivity index is 2.25. The zero-order chi connectivity index (χ0) is 12.3. The van der Waals surface area contributed by atoms with Crippen LogP contribution in [0.25, 0.3) is 0 Å². The number of anilines is 1. The van der Waals surface area contributed by atoms with Crippen LogP contribution in [0.1, 0.15) is 25.7 Å². The maximum Gasteiger partial charge on any atom is 0.260 e. The number of hydrogen-bond acceptors (Lipinski definition) is 4. The zero-order valence-corrected chi connectivity index (χ0v) is 10.5. The SMILES string of the molecule is Nc1ccc(S(=O)(=O)N2CCCCCC2)nc1. The van der Waals surface area contributed by atoms with E-state index in [1.54, 1.807) is 6.07 Å². The van der Waals surface area contributed by atoms with Crippen molar-refractivity contribution in [1.82, 2.24) is 9.29 Å². The van der Waals surface area contributed by atoms with Crippen LogP contribution in [-0.2, 0) is 10.0 Å². The van der Waals surface area contributed by atoms with Gasteiger partial charge in [-0.3, -0.25) is 0 Å². The van der Waals surface area contributed by atoms with Gasteiger partial charge in [0.25, 0.3) is 10.0 Å². The minimum atomic E-state index is -3.44. The van der Waals surface area contributed by atoms with Crippen LogP contribution < -0.4 is 5.73 Å². The number of sulfonamides is 1. The molecule has 1 saturated heterocycles. The number of nitrogens with zero attached hydrogens (tertiary/aromatic N) is 2. The highest BCUT2D eigenvalue weighted by Gasteiger charge is 2.25. The first kappa shape index (κ1) is 12.3. The lowest BCUT2D eigenvalue weighted by atomic mass is 10.2. The van der Waals surface area contributed by atoms with E-state index in [0.717, 1.165) is 25.7 Å². The number of rotatable bonds is 2. The predicted molar refractivity (Wildman–Crippen MR) is 65.9 cm³/mol. The summed E-state index contributed by atoms with van der Waals surface area (Å²) < 4.78 is 26.1. The predicted octanol–water partition coefficient (Wildman–Crippen LogP) is 1.23. The first-order valence-electron chi connectivity index (χ1n) is 5.82. The van der Waals surface area contributed by atoms with E-state index >= 15 is 0 Å². The minimum Gasteiger partial charge on any atom is -0.397 e. The zero-order valence-electron chi connectivity index (χ0n) is 9.67. The standard InChI is InChI=1S/C11H17N3O2S/c12-10-5-6-11(13-9-10)17(15,16)14-7-3-1-2-4-8-14/h5-6,9H,1-4,7-8,12H2. The van der Waals surface area contributed by atoms with Crippen molar-refractivity contribution in [3.05, 3.63) is 18.3 Å². The first-order chi connectivity index (χ1) is 8.10. The average Bonchev–Trinajstić information content (AvgIpc) is 2.58. The van der Waals surface area contributed by atoms with Gasteiger partial charge < -0.3 is 5.73 Å². The third kappa shape index (κ3) is 2.76. The van der Waals surface area contributed by atoms with Gasteiger partial charge in [-0.2, -0.15) is 4.31 Å². The molecule has 0 saturated carbocycles. The van der Waals surface area contributed by atoms with Gasteiger partial charge in [0.05, 0.1) is 11.9 Å². The Hall–Kier alpha value is -1.14. The lowest BCUT2D eigenvalue weighted by Crippen LogP contribution is -2.32. The Kier molecular flexibility index (Phi) is 3.63. The van der Waals surface area contributed by atoms with Gasteiger partial charge in [-0.05, 0) is 25.0 Å². The fourth-order valence-corrected chi connectivity index (χ4v) is 3.39. The second-order valence-corrected chi connectivity index (χ2v) is 6.13. The molecular formula is C11H17N3O2S. The summed E-state index contributed by atoms with van der Waals surface area (Å²) in [6.45, 7) is 1.18. The topological polar surface area (TPSA) is 76.3 Å². The molecule has 2 N–H and O–H groups in total. The number of hydrogen-bond donors (Lipinski definition) is 1. The molecule has 6 heteroatoms. The summed E-state index contributed by atoms with van der Waals surface area (Å²) in [6, 6.07) is 3.03. The monoisotopic (exact) mass is 255 g/mol. The van der Waals surface area contributed by atoms with E-state index in [1.165, 1.54) is 16.6 Å². The van der Waals surface area contributed by atoms with Crippen molar-refractivity contribution in [2.45, 2.75) is 30.7 Å². The Morgan fingerprint density at radius 2 is 1.76 bits per heavy atom. The molecule has 1 aromatic heterocycles. The summed E-state index contributed by atoms with van der Waals surface area (Å²) in [6.07, 6.45) is 5.43. The number of pyridine rings is 1. The van der Waals surface area contributed by atoms with Crippen LogP contribution in [0.15, 0.2) is 23.4 Å². The van der Waals surface area contributed by atoms with Crippen LogP contribution in [0.5, 0.6) is 0 Å². The maximum absolute atomic E-state index is 12.3. The molecule has 0 aromatic carbocycles. The first-order valence-corrected chi connectivity index (χ1v) is 7.26. The summed E-state index contributed by atoms with van der Waals surface area (Å²) in [5, 5.41) is 0.0913. The summed E-state index contributed by atoms with van der Waals surface area (Å²) in [4.78, 5) is 3.90. The van der Waals surface area contributed by atoms with Crippen LogP contribution >= 0.6 is 0 Å². The van der Waals surface area contributed by atoms with Crippen molar-refractivity contribution in [2.75, 3.05) is 18.8 Å². The molecular weight excluding hydrogens is 238 g/mol. The van der Waals surface area contributed by atoms with Gasteiger partial charge in [0, 0.05) is 13.1 Å². The highest BCUT2D eigenvalue weighted by molar-refractivity contribution is 7.89. The molecule has 0 spiro atoms. The third-order valence-electron chi connectivity index (χ3n) is 2.93. The van der Waals surface area contributed by atoms with Crippen LogP contribution in [0.4, 0.5) is 5.69 Å². The maximum atomic E-state index is 12.3. The smallest absolute Gasteiger partial charge is 0.260 e. The summed E-state index contributed by atoms with van der Waals surface area (Å²) in [5.41, 5.74) is 5.97. The van der Waals surface area contributed by atoms with E-state index in [-0.39, 0.29) is 5.03 Å². The van der Waals surface area contributed by atoms with Crippen molar-refractivity contribution >= 4 is 15.7 Å². The molecule has 0 radical (unpaired) electrons. The van der Waals surface area contributed by atoms with Crippen molar-refractivity contribution in [2.24, 2.45) is 0 Å². The molecule has 2 rings (SSSR count). The van der Waals surface area contributed by atoms with Crippen molar-refractivity contribution in [1.29, 1.82) is 0 Å². The Bertz CT molecular complexity index is 462. The quantitative estimate of drug-likeness (QED) is 0.862. The molecule has 17 heavy (non-hydrogen) atoms. The molecule has 0 aliphatic carbocycles. The van der Waals surface area contributed by atoms with Crippen molar-refractivity contribution < 1.29 is 8.42 Å². The lowest BCUT2D eigenvalue weighted by Gasteiger charge is -2.19. The fourth-order valence-electron chi connectivity index (χ4n) is 1.96. The molecule has 1 aliphatic rings. The van der Waals surface area contributed by atoms with Gasteiger partial charge in [-0.1, -0.05) is 12.8 Å². The van der Waals surface area contributed by atoms with Crippen molar-refractivity contribution in [3.63, 3.8) is 0 Å². The molecule has 0 amide bonds. The van der Waals surface area contributed by atoms with Gasteiger partial charge in [0.2, 0.25) is 0 Å². The molecule has 2 heterocycles. The average molecular weight is 255 g/mol. The molecule has 1 fully saturated rings. The highest BCUT2D eigenvalue weighted by atomic mass is 32.2. The molecule has 94 valence electrons. The van der Waals surface area contributed by atoms with E-state index in [9.17, 15) is 8.42 Å². The van der Waals surface area contributed by atoms with Gasteiger partial charge in [0.15, 0.2) is 5.03 Å². The van der Waals surface area contributed by atoms with Crippen LogP contribution in [-0.4, -0.2) is 30.8 Å². The lowest BCUT2D eigenvalue weighted by molar-refractivity contribution is 0.421. The number of nitrogens with two attached hydrogens (primary N) is 1. The Labute approximate surface area is 102 Å². The highest BCUT2D eigenvalue weighted by Crippen LogP contribution is 2.19. The van der Waals surface area contributed by atoms with Gasteiger partial charge in [0.1, 0.15) is 0 Å². The van der Waals surface area contributed by atoms with E-state index < -0.39 is 10.0 Å². The Morgan fingerprint density at radius 3 is 2.29 bits per heavy atom. The van der Waals surface area contributed by atoms with Crippen molar-refractivity contribution in [3.8, 4) is 0 Å². The van der Waals surface area contributed by atoms with Gasteiger partial charge in [-0.15, -0.1) is 0 Å². The van der Waals surface area contributed by atoms with E-state index in [1.807, 2.05) is 0 Å². The summed E-state index contributed by atoms with van der Waals surface area (Å²) in [7, 11) is -3.44. The van der Waals surface area contributed by atoms with Crippen LogP contribution in [0.2, 0.25) is 0 Å². The second-order valence-electron chi connectivity index (χ2n) is 4.25. The molecule has 0 unspecified atom stereocenters. The molecule has 5 nitrogen and oxygen atoms in total. The van der Waals surface area contributed by atoms with Crippen LogP contribution in [0.3, 0.4) is 0 Å². The Morgan fingerprint density at radius 1 is 1.12 bits per heavy atom. The summed E-state index contributed by atoms with van der Waals surface area (Å²) >= 11 is 0. The third-order valence-corrected chi connectivity index (χ3v) is 4.74. The van der Waals surface area contributed by atoms with Gasteiger partial charge >= 0.3 is 0 Å².